The molecule has 0 unspecified atom stereocenters. The van der Waals surface area contributed by atoms with Gasteiger partial charge in [0.15, 0.2) is 0 Å². The number of rotatable bonds is 2. The lowest BCUT2D eigenvalue weighted by molar-refractivity contribution is 1.32. The molecule has 0 atom stereocenters. The molecule has 0 radical (unpaired) electrons. The second kappa shape index (κ2) is 10.5. The van der Waals surface area contributed by atoms with Gasteiger partial charge in [0.25, 0.3) is 0 Å². The number of hydrogen-bond donors (Lipinski definition) is 0. The molecule has 0 spiro atoms. The van der Waals surface area contributed by atoms with Gasteiger partial charge in [-0.2, -0.15) is 0 Å². The quantitative estimate of drug-likeness (QED) is 0.431. The van der Waals surface area contributed by atoms with E-state index in [2.05, 4.69) is 90.2 Å². The Morgan fingerprint density at radius 2 is 0.889 bits per heavy atom. The highest BCUT2D eigenvalue weighted by Crippen LogP contribution is 2.31. The summed E-state index contributed by atoms with van der Waals surface area (Å²) in [6.45, 7) is 22.5. The van der Waals surface area contributed by atoms with Crippen LogP contribution in [0.1, 0.15) is 52.8 Å². The van der Waals surface area contributed by atoms with Gasteiger partial charge in [0, 0.05) is 0 Å². The second-order valence-corrected chi connectivity index (χ2v) is 6.70. The largest absolute Gasteiger partial charge is 0.0984 e. The van der Waals surface area contributed by atoms with Crippen LogP contribution in [0.4, 0.5) is 0 Å². The summed E-state index contributed by atoms with van der Waals surface area (Å²) in [6.07, 6.45) is 3.84. The van der Waals surface area contributed by atoms with Gasteiger partial charge in [-0.3, -0.25) is 0 Å². The zero-order valence-electron chi connectivity index (χ0n) is 18.1. The van der Waals surface area contributed by atoms with E-state index in [9.17, 15) is 0 Å². The summed E-state index contributed by atoms with van der Waals surface area (Å²) in [6, 6.07) is 15.0. The SMILES string of the molecule is C=Cc1c(C=C)c(C)c2ccccc2c1C.CC.Cc1cc(C)cc(C)c1. The van der Waals surface area contributed by atoms with Crippen molar-refractivity contribution in [1.29, 1.82) is 0 Å². The summed E-state index contributed by atoms with van der Waals surface area (Å²) in [5.74, 6) is 0. The van der Waals surface area contributed by atoms with Crippen LogP contribution < -0.4 is 0 Å². The van der Waals surface area contributed by atoms with E-state index in [1.165, 1.54) is 49.7 Å². The van der Waals surface area contributed by atoms with Crippen molar-refractivity contribution >= 4 is 22.9 Å². The molecule has 0 bridgehead atoms. The second-order valence-electron chi connectivity index (χ2n) is 6.70. The van der Waals surface area contributed by atoms with Crippen LogP contribution in [-0.2, 0) is 0 Å². The number of fused-ring (bicyclic) bond motifs is 1. The highest BCUT2D eigenvalue weighted by Gasteiger charge is 2.09. The summed E-state index contributed by atoms with van der Waals surface area (Å²) in [7, 11) is 0. The number of aryl methyl sites for hydroxylation is 5. The summed E-state index contributed by atoms with van der Waals surface area (Å²) in [5.41, 5.74) is 9.03. The van der Waals surface area contributed by atoms with Crippen LogP contribution in [0, 0.1) is 34.6 Å². The van der Waals surface area contributed by atoms with Crippen molar-refractivity contribution in [2.45, 2.75) is 48.5 Å². The summed E-state index contributed by atoms with van der Waals surface area (Å²) < 4.78 is 0. The van der Waals surface area contributed by atoms with Gasteiger partial charge in [-0.05, 0) is 67.6 Å². The van der Waals surface area contributed by atoms with Crippen LogP contribution in [0.2, 0.25) is 0 Å². The van der Waals surface area contributed by atoms with E-state index in [1.54, 1.807) is 0 Å². The number of hydrogen-bond acceptors (Lipinski definition) is 0. The first-order valence-corrected chi connectivity index (χ1v) is 9.70. The molecule has 142 valence electrons. The van der Waals surface area contributed by atoms with Crippen LogP contribution in [0.3, 0.4) is 0 Å². The predicted octanol–water partition coefficient (Wildman–Crippen LogP) is 8.38. The molecule has 0 aliphatic heterocycles. The number of benzene rings is 3. The van der Waals surface area contributed by atoms with Crippen LogP contribution in [0.25, 0.3) is 22.9 Å². The topological polar surface area (TPSA) is 0 Å². The van der Waals surface area contributed by atoms with E-state index in [-0.39, 0.29) is 0 Å². The average Bonchev–Trinajstić information content (AvgIpc) is 2.65. The molecule has 3 rings (SSSR count). The summed E-state index contributed by atoms with van der Waals surface area (Å²) in [5, 5.41) is 2.61. The fourth-order valence-corrected chi connectivity index (χ4v) is 3.56. The van der Waals surface area contributed by atoms with Crippen LogP contribution in [0.5, 0.6) is 0 Å². The van der Waals surface area contributed by atoms with E-state index in [4.69, 9.17) is 0 Å². The maximum atomic E-state index is 3.90. The fraction of sp³-hybridized carbons (Fsp3) is 0.259. The predicted molar refractivity (Wildman–Crippen MR) is 126 cm³/mol. The molecule has 27 heavy (non-hydrogen) atoms. The molecule has 3 aromatic carbocycles. The Morgan fingerprint density at radius 1 is 0.593 bits per heavy atom. The molecule has 0 amide bonds. The van der Waals surface area contributed by atoms with E-state index in [0.29, 0.717) is 0 Å². The van der Waals surface area contributed by atoms with Gasteiger partial charge in [-0.25, -0.2) is 0 Å². The molecule has 0 aliphatic carbocycles. The first kappa shape index (κ1) is 22.4. The average molecular weight is 359 g/mol. The first-order valence-electron chi connectivity index (χ1n) is 9.70. The Kier molecular flexibility index (Phi) is 8.75. The molecular formula is C27H34. The molecule has 0 heteroatoms. The van der Waals surface area contributed by atoms with Gasteiger partial charge in [-0.1, -0.05) is 98.3 Å². The summed E-state index contributed by atoms with van der Waals surface area (Å²) in [4.78, 5) is 0. The minimum atomic E-state index is 1.20. The molecule has 0 aliphatic rings. The molecule has 0 nitrogen and oxygen atoms in total. The van der Waals surface area contributed by atoms with E-state index in [1.807, 2.05) is 26.0 Å². The normalized spacial score (nSPS) is 9.59. The minimum absolute atomic E-state index is 1.20. The molecule has 0 aromatic heterocycles. The van der Waals surface area contributed by atoms with Crippen molar-refractivity contribution in [1.82, 2.24) is 0 Å². The van der Waals surface area contributed by atoms with Crippen LogP contribution in [-0.4, -0.2) is 0 Å². The van der Waals surface area contributed by atoms with Gasteiger partial charge in [0.2, 0.25) is 0 Å². The monoisotopic (exact) mass is 358 g/mol. The Bertz CT molecular complexity index is 823. The van der Waals surface area contributed by atoms with Gasteiger partial charge in [-0.15, -0.1) is 0 Å². The first-order chi connectivity index (χ1) is 12.9. The highest BCUT2D eigenvalue weighted by atomic mass is 14.1. The molecule has 0 N–H and O–H groups in total. The Labute approximate surface area is 166 Å². The third-order valence-corrected chi connectivity index (χ3v) is 4.61. The lowest BCUT2D eigenvalue weighted by Gasteiger charge is -2.14. The van der Waals surface area contributed by atoms with Gasteiger partial charge in [0.1, 0.15) is 0 Å². The molecule has 0 saturated carbocycles. The van der Waals surface area contributed by atoms with E-state index in [0.717, 1.165) is 0 Å². The van der Waals surface area contributed by atoms with Gasteiger partial charge >= 0.3 is 0 Å². The lowest BCUT2D eigenvalue weighted by Crippen LogP contribution is -1.93. The third-order valence-electron chi connectivity index (χ3n) is 4.61. The highest BCUT2D eigenvalue weighted by molar-refractivity contribution is 5.95. The van der Waals surface area contributed by atoms with E-state index >= 15 is 0 Å². The fourth-order valence-electron chi connectivity index (χ4n) is 3.56. The van der Waals surface area contributed by atoms with E-state index < -0.39 is 0 Å². The molecule has 0 heterocycles. The molecule has 0 saturated heterocycles. The third kappa shape index (κ3) is 5.44. The van der Waals surface area contributed by atoms with Crippen molar-refractivity contribution in [3.05, 3.63) is 94.6 Å². The Hall–Kier alpha value is -2.60. The molecule has 3 aromatic rings. The zero-order valence-corrected chi connectivity index (χ0v) is 18.1. The maximum absolute atomic E-state index is 3.90. The minimum Gasteiger partial charge on any atom is -0.0984 e. The smallest absolute Gasteiger partial charge is 0.0146 e. The Morgan fingerprint density at radius 3 is 1.15 bits per heavy atom. The van der Waals surface area contributed by atoms with Crippen LogP contribution >= 0.6 is 0 Å². The van der Waals surface area contributed by atoms with Gasteiger partial charge in [0.05, 0.1) is 0 Å². The summed E-state index contributed by atoms with van der Waals surface area (Å²) >= 11 is 0. The molecular weight excluding hydrogens is 324 g/mol. The zero-order chi connectivity index (χ0) is 20.6. The Balaban J connectivity index is 0.000000282. The molecule has 0 fully saturated rings. The van der Waals surface area contributed by atoms with Crippen molar-refractivity contribution in [2.24, 2.45) is 0 Å². The maximum Gasteiger partial charge on any atom is -0.0146 e. The van der Waals surface area contributed by atoms with Crippen molar-refractivity contribution in [2.75, 3.05) is 0 Å². The van der Waals surface area contributed by atoms with Gasteiger partial charge < -0.3 is 0 Å². The van der Waals surface area contributed by atoms with Crippen molar-refractivity contribution < 1.29 is 0 Å². The standard InChI is InChI=1S/C16H16.C9H12.C2H6/c1-5-13-11(3)15-9-7-8-10-16(15)12(4)14(13)6-2;1-7-4-8(2)6-9(3)5-7;1-2/h5-10H,1-2H2,3-4H3;4-6H,1-3H3;1-2H3. The van der Waals surface area contributed by atoms with Crippen molar-refractivity contribution in [3.63, 3.8) is 0 Å². The van der Waals surface area contributed by atoms with Crippen LogP contribution in [0.15, 0.2) is 55.6 Å². The lowest BCUT2D eigenvalue weighted by atomic mass is 9.90. The van der Waals surface area contributed by atoms with Crippen molar-refractivity contribution in [3.8, 4) is 0 Å².